The Labute approximate surface area is 86.5 Å². The molecular weight excluding hydrogens is 195 g/mol. The molecule has 0 fully saturated rings. The molecule has 0 rings (SSSR count). The fourth-order valence-corrected chi connectivity index (χ4v) is 0.509. The van der Waals surface area contributed by atoms with Crippen LogP contribution < -0.4 is 0 Å². The molecule has 73 valence electrons. The van der Waals surface area contributed by atoms with Crippen molar-refractivity contribution in [2.24, 2.45) is 0 Å². The molecule has 0 N–H and O–H groups in total. The van der Waals surface area contributed by atoms with Crippen LogP contribution in [0.3, 0.4) is 0 Å². The van der Waals surface area contributed by atoms with Crippen molar-refractivity contribution in [2.45, 2.75) is 39.5 Å². The van der Waals surface area contributed by atoms with Gasteiger partial charge < -0.3 is 0 Å². The van der Waals surface area contributed by atoms with Crippen molar-refractivity contribution in [2.75, 3.05) is 13.2 Å². The predicted molar refractivity (Wildman–Crippen MR) is 42.8 cm³/mol. The summed E-state index contributed by atoms with van der Waals surface area (Å²) in [6.07, 6.45) is 4.24. The summed E-state index contributed by atoms with van der Waals surface area (Å²) in [6, 6.07) is 0. The minimum Gasteiger partial charge on any atom is -0.206 e. The molecule has 0 aromatic carbocycles. The van der Waals surface area contributed by atoms with Crippen LogP contribution in [0.1, 0.15) is 39.5 Å². The standard InChI is InChI=1S/C8H18O3.V/c1-3-5-7-9-11-10-8-6-4-2;/h3-8H2,1-2H3;. The Morgan fingerprint density at radius 3 is 1.58 bits per heavy atom. The van der Waals surface area contributed by atoms with Crippen LogP contribution in [-0.4, -0.2) is 13.2 Å². The van der Waals surface area contributed by atoms with Gasteiger partial charge in [-0.15, -0.1) is 0 Å². The fourth-order valence-electron chi connectivity index (χ4n) is 0.509. The van der Waals surface area contributed by atoms with Crippen molar-refractivity contribution < 1.29 is 33.4 Å². The van der Waals surface area contributed by atoms with Crippen LogP contribution in [0, 0.1) is 0 Å². The summed E-state index contributed by atoms with van der Waals surface area (Å²) in [5.41, 5.74) is 0. The molecule has 12 heavy (non-hydrogen) atoms. The first kappa shape index (κ1) is 15.0. The van der Waals surface area contributed by atoms with E-state index >= 15 is 0 Å². The van der Waals surface area contributed by atoms with Gasteiger partial charge in [0.2, 0.25) is 0 Å². The van der Waals surface area contributed by atoms with E-state index in [9.17, 15) is 0 Å². The van der Waals surface area contributed by atoms with Gasteiger partial charge in [-0.1, -0.05) is 31.7 Å². The average Bonchev–Trinajstić information content (AvgIpc) is 2.03. The SMILES string of the molecule is CCCCOOOCCCC.[V]. The molecule has 0 amide bonds. The van der Waals surface area contributed by atoms with Crippen molar-refractivity contribution in [3.8, 4) is 0 Å². The molecule has 0 aromatic heterocycles. The molecule has 0 aliphatic carbocycles. The van der Waals surface area contributed by atoms with Crippen molar-refractivity contribution in [3.05, 3.63) is 0 Å². The molecule has 0 aliphatic heterocycles. The minimum absolute atomic E-state index is 0. The smallest absolute Gasteiger partial charge is 0.0853 e. The van der Waals surface area contributed by atoms with Crippen LogP contribution in [-0.2, 0) is 33.4 Å². The quantitative estimate of drug-likeness (QED) is 0.352. The second-order valence-corrected chi connectivity index (χ2v) is 2.42. The van der Waals surface area contributed by atoms with Crippen LogP contribution in [0.5, 0.6) is 0 Å². The molecule has 3 nitrogen and oxygen atoms in total. The number of rotatable bonds is 8. The van der Waals surface area contributed by atoms with E-state index in [1.54, 1.807) is 0 Å². The largest absolute Gasteiger partial charge is 0.206 e. The van der Waals surface area contributed by atoms with E-state index in [1.165, 1.54) is 0 Å². The first-order valence-electron chi connectivity index (χ1n) is 4.32. The summed E-state index contributed by atoms with van der Waals surface area (Å²) in [6.45, 7) is 5.42. The third kappa shape index (κ3) is 13.1. The second-order valence-electron chi connectivity index (χ2n) is 2.42. The topological polar surface area (TPSA) is 27.7 Å². The van der Waals surface area contributed by atoms with Crippen molar-refractivity contribution in [1.29, 1.82) is 0 Å². The van der Waals surface area contributed by atoms with Gasteiger partial charge in [-0.25, -0.2) is 9.78 Å². The van der Waals surface area contributed by atoms with Gasteiger partial charge in [-0.3, -0.25) is 0 Å². The van der Waals surface area contributed by atoms with Crippen LogP contribution in [0.15, 0.2) is 0 Å². The maximum atomic E-state index is 4.70. The summed E-state index contributed by atoms with van der Waals surface area (Å²) in [4.78, 5) is 9.40. The van der Waals surface area contributed by atoms with Gasteiger partial charge in [-0.2, -0.15) is 0 Å². The fraction of sp³-hybridized carbons (Fsp3) is 1.00. The molecule has 0 aliphatic rings. The number of hydrogen-bond acceptors (Lipinski definition) is 3. The van der Waals surface area contributed by atoms with Crippen LogP contribution >= 0.6 is 0 Å². The summed E-state index contributed by atoms with van der Waals surface area (Å²) in [5.74, 6) is 0. The molecule has 0 unspecified atom stereocenters. The molecule has 0 atom stereocenters. The van der Waals surface area contributed by atoms with Crippen molar-refractivity contribution >= 4 is 0 Å². The normalized spacial score (nSPS) is 9.50. The Kier molecular flexibility index (Phi) is 17.5. The van der Waals surface area contributed by atoms with Gasteiger partial charge in [0, 0.05) is 18.6 Å². The van der Waals surface area contributed by atoms with E-state index in [0.29, 0.717) is 13.2 Å². The van der Waals surface area contributed by atoms with E-state index in [-0.39, 0.29) is 18.6 Å². The molecular formula is C8H18O3V. The summed E-state index contributed by atoms with van der Waals surface area (Å²) < 4.78 is 0. The Morgan fingerprint density at radius 1 is 0.833 bits per heavy atom. The van der Waals surface area contributed by atoms with Gasteiger partial charge in [0.1, 0.15) is 0 Å². The molecule has 0 saturated carbocycles. The summed E-state index contributed by atoms with van der Waals surface area (Å²) in [7, 11) is 0. The van der Waals surface area contributed by atoms with Crippen LogP contribution in [0.2, 0.25) is 0 Å². The molecule has 1 radical (unpaired) electrons. The van der Waals surface area contributed by atoms with Crippen molar-refractivity contribution in [1.82, 2.24) is 0 Å². The zero-order valence-electron chi connectivity index (χ0n) is 7.91. The van der Waals surface area contributed by atoms with Gasteiger partial charge in [0.15, 0.2) is 0 Å². The monoisotopic (exact) mass is 213 g/mol. The zero-order valence-corrected chi connectivity index (χ0v) is 9.31. The molecule has 0 bridgehead atoms. The van der Waals surface area contributed by atoms with Crippen LogP contribution in [0.25, 0.3) is 0 Å². The number of unbranched alkanes of at least 4 members (excludes halogenated alkanes) is 2. The van der Waals surface area contributed by atoms with E-state index in [1.807, 2.05) is 0 Å². The number of hydrogen-bond donors (Lipinski definition) is 0. The predicted octanol–water partition coefficient (Wildman–Crippen LogP) is 2.46. The third-order valence-corrected chi connectivity index (χ3v) is 1.26. The maximum Gasteiger partial charge on any atom is 0.0853 e. The van der Waals surface area contributed by atoms with E-state index in [0.717, 1.165) is 25.7 Å². The Morgan fingerprint density at radius 2 is 1.25 bits per heavy atom. The summed E-state index contributed by atoms with van der Waals surface area (Å²) >= 11 is 0. The average molecular weight is 213 g/mol. The van der Waals surface area contributed by atoms with Gasteiger partial charge in [-0.05, 0) is 12.8 Å². The maximum absolute atomic E-state index is 4.70. The van der Waals surface area contributed by atoms with Crippen molar-refractivity contribution in [3.63, 3.8) is 0 Å². The van der Waals surface area contributed by atoms with Gasteiger partial charge >= 0.3 is 0 Å². The third-order valence-electron chi connectivity index (χ3n) is 1.26. The van der Waals surface area contributed by atoms with E-state index < -0.39 is 0 Å². The summed E-state index contributed by atoms with van der Waals surface area (Å²) in [5, 5.41) is 4.44. The molecule has 0 saturated heterocycles. The van der Waals surface area contributed by atoms with Gasteiger partial charge in [0.25, 0.3) is 0 Å². The molecule has 0 heterocycles. The molecule has 0 spiro atoms. The van der Waals surface area contributed by atoms with E-state index in [2.05, 4.69) is 18.9 Å². The van der Waals surface area contributed by atoms with E-state index in [4.69, 9.17) is 9.78 Å². The zero-order chi connectivity index (χ0) is 8.36. The minimum atomic E-state index is 0. The Bertz CT molecular complexity index is 63.3. The van der Waals surface area contributed by atoms with Crippen LogP contribution in [0.4, 0.5) is 0 Å². The first-order valence-corrected chi connectivity index (χ1v) is 4.32. The van der Waals surface area contributed by atoms with Gasteiger partial charge in [0.05, 0.1) is 13.2 Å². The second kappa shape index (κ2) is 14.0. The molecule has 4 heteroatoms. The molecule has 0 aromatic rings. The first-order chi connectivity index (χ1) is 5.41. The Hall–Kier alpha value is 0.464. The Balaban J connectivity index is 0.